The fraction of sp³-hybridized carbons (Fsp3) is 0.600. The maximum Gasteiger partial charge on any atom is 0.109 e. The Labute approximate surface area is 114 Å². The second kappa shape index (κ2) is 5.60. The van der Waals surface area contributed by atoms with Crippen LogP contribution in [-0.4, -0.2) is 17.8 Å². The highest BCUT2D eigenvalue weighted by Gasteiger charge is 2.42. The van der Waals surface area contributed by atoms with Gasteiger partial charge in [0, 0.05) is 17.7 Å². The van der Waals surface area contributed by atoms with E-state index in [-0.39, 0.29) is 0 Å². The third kappa shape index (κ3) is 2.56. The first kappa shape index (κ1) is 13.9. The number of ether oxygens (including phenoxy) is 1. The van der Waals surface area contributed by atoms with Crippen LogP contribution >= 0.6 is 11.6 Å². The van der Waals surface area contributed by atoms with Gasteiger partial charge in [-0.05, 0) is 37.7 Å². The van der Waals surface area contributed by atoms with Crippen LogP contribution in [0.1, 0.15) is 44.3 Å². The number of hydrogen-bond donors (Lipinski definition) is 1. The van der Waals surface area contributed by atoms with Crippen LogP contribution in [0, 0.1) is 5.92 Å². The predicted molar refractivity (Wildman–Crippen MR) is 73.8 cm³/mol. The summed E-state index contributed by atoms with van der Waals surface area (Å²) in [5.74, 6) is 0.715. The van der Waals surface area contributed by atoms with Gasteiger partial charge in [0.1, 0.15) is 6.10 Å². The van der Waals surface area contributed by atoms with Crippen molar-refractivity contribution < 1.29 is 9.84 Å². The Morgan fingerprint density at radius 2 is 1.94 bits per heavy atom. The molecule has 18 heavy (non-hydrogen) atoms. The second-order valence-electron chi connectivity index (χ2n) is 5.38. The van der Waals surface area contributed by atoms with E-state index in [9.17, 15) is 5.11 Å². The van der Waals surface area contributed by atoms with Crippen molar-refractivity contribution in [2.75, 3.05) is 7.11 Å². The van der Waals surface area contributed by atoms with Crippen molar-refractivity contribution in [1.29, 1.82) is 0 Å². The highest BCUT2D eigenvalue weighted by atomic mass is 35.5. The average Bonchev–Trinajstić information content (AvgIpc) is 2.40. The SMILES string of the molecule is COC1(C(O)c2ccccc2Cl)CCC(C)CC1. The number of benzene rings is 1. The lowest BCUT2D eigenvalue weighted by atomic mass is 9.74. The molecule has 1 aromatic rings. The van der Waals surface area contributed by atoms with Crippen LogP contribution in [0.4, 0.5) is 0 Å². The molecule has 0 bridgehead atoms. The van der Waals surface area contributed by atoms with Gasteiger partial charge in [0.2, 0.25) is 0 Å². The molecule has 1 fully saturated rings. The van der Waals surface area contributed by atoms with Gasteiger partial charge >= 0.3 is 0 Å². The molecule has 0 aliphatic heterocycles. The van der Waals surface area contributed by atoms with E-state index in [1.807, 2.05) is 24.3 Å². The van der Waals surface area contributed by atoms with E-state index in [0.29, 0.717) is 10.9 Å². The normalized spacial score (nSPS) is 30.1. The minimum absolute atomic E-state index is 0.475. The summed E-state index contributed by atoms with van der Waals surface area (Å²) in [6.45, 7) is 2.25. The number of methoxy groups -OCH3 is 1. The third-order valence-electron chi connectivity index (χ3n) is 4.23. The zero-order valence-corrected chi connectivity index (χ0v) is 11.8. The van der Waals surface area contributed by atoms with E-state index in [0.717, 1.165) is 31.2 Å². The quantitative estimate of drug-likeness (QED) is 0.899. The highest BCUT2D eigenvalue weighted by Crippen LogP contribution is 2.44. The summed E-state index contributed by atoms with van der Waals surface area (Å²) >= 11 is 6.17. The summed E-state index contributed by atoms with van der Waals surface area (Å²) in [6, 6.07) is 7.47. The van der Waals surface area contributed by atoms with Crippen LogP contribution < -0.4 is 0 Å². The predicted octanol–water partition coefficient (Wildman–Crippen LogP) is 3.97. The topological polar surface area (TPSA) is 29.5 Å². The zero-order valence-electron chi connectivity index (χ0n) is 11.0. The van der Waals surface area contributed by atoms with E-state index in [1.165, 1.54) is 0 Å². The monoisotopic (exact) mass is 268 g/mol. The van der Waals surface area contributed by atoms with Crippen molar-refractivity contribution in [2.45, 2.75) is 44.3 Å². The number of halogens is 1. The fourth-order valence-electron chi connectivity index (χ4n) is 2.82. The van der Waals surface area contributed by atoms with Crippen LogP contribution in [0.15, 0.2) is 24.3 Å². The average molecular weight is 269 g/mol. The van der Waals surface area contributed by atoms with E-state index >= 15 is 0 Å². The van der Waals surface area contributed by atoms with E-state index in [4.69, 9.17) is 16.3 Å². The molecule has 1 aliphatic carbocycles. The van der Waals surface area contributed by atoms with E-state index in [2.05, 4.69) is 6.92 Å². The van der Waals surface area contributed by atoms with E-state index < -0.39 is 11.7 Å². The molecule has 1 atom stereocenters. The Hall–Kier alpha value is -0.570. The standard InChI is InChI=1S/C15H21ClO2/c1-11-7-9-15(18-2,10-8-11)14(17)12-5-3-4-6-13(12)16/h3-6,11,14,17H,7-10H2,1-2H3. The summed E-state index contributed by atoms with van der Waals surface area (Å²) in [4.78, 5) is 0. The van der Waals surface area contributed by atoms with Crippen LogP contribution in [0.5, 0.6) is 0 Å². The number of hydrogen-bond acceptors (Lipinski definition) is 2. The molecule has 0 radical (unpaired) electrons. The van der Waals surface area contributed by atoms with Crippen LogP contribution in [0.3, 0.4) is 0 Å². The lowest BCUT2D eigenvalue weighted by Gasteiger charge is -2.42. The lowest BCUT2D eigenvalue weighted by molar-refractivity contribution is -0.130. The summed E-state index contributed by atoms with van der Waals surface area (Å²) < 4.78 is 5.69. The largest absolute Gasteiger partial charge is 0.385 e. The Morgan fingerprint density at radius 3 is 2.50 bits per heavy atom. The molecular formula is C15H21ClO2. The molecule has 1 aliphatic rings. The van der Waals surface area contributed by atoms with Gasteiger partial charge in [0.25, 0.3) is 0 Å². The first-order chi connectivity index (χ1) is 8.59. The molecule has 3 heteroatoms. The Bertz CT molecular complexity index is 397. The number of aliphatic hydroxyl groups is 1. The molecule has 2 rings (SSSR count). The van der Waals surface area contributed by atoms with Gasteiger partial charge in [-0.1, -0.05) is 36.7 Å². The third-order valence-corrected chi connectivity index (χ3v) is 4.57. The van der Waals surface area contributed by atoms with Crippen LogP contribution in [0.2, 0.25) is 5.02 Å². The molecule has 1 unspecified atom stereocenters. The van der Waals surface area contributed by atoms with Crippen molar-refractivity contribution in [3.05, 3.63) is 34.9 Å². The summed E-state index contributed by atoms with van der Waals surface area (Å²) in [7, 11) is 1.69. The Morgan fingerprint density at radius 1 is 1.33 bits per heavy atom. The van der Waals surface area contributed by atoms with Crippen molar-refractivity contribution in [3.63, 3.8) is 0 Å². The van der Waals surface area contributed by atoms with E-state index in [1.54, 1.807) is 7.11 Å². The smallest absolute Gasteiger partial charge is 0.109 e. The maximum atomic E-state index is 10.7. The molecule has 1 N–H and O–H groups in total. The van der Waals surface area contributed by atoms with Crippen LogP contribution in [-0.2, 0) is 4.74 Å². The van der Waals surface area contributed by atoms with Crippen LogP contribution in [0.25, 0.3) is 0 Å². The minimum atomic E-state index is -0.649. The second-order valence-corrected chi connectivity index (χ2v) is 5.78. The summed E-state index contributed by atoms with van der Waals surface area (Å²) in [5, 5.41) is 11.3. The van der Waals surface area contributed by atoms with Gasteiger partial charge in [0.15, 0.2) is 0 Å². The molecule has 1 saturated carbocycles. The summed E-state index contributed by atoms with van der Waals surface area (Å²) in [5.41, 5.74) is 0.299. The van der Waals surface area contributed by atoms with Gasteiger partial charge in [-0.2, -0.15) is 0 Å². The molecule has 100 valence electrons. The van der Waals surface area contributed by atoms with Gasteiger partial charge in [-0.3, -0.25) is 0 Å². The minimum Gasteiger partial charge on any atom is -0.385 e. The number of aliphatic hydroxyl groups excluding tert-OH is 1. The molecule has 2 nitrogen and oxygen atoms in total. The molecule has 0 spiro atoms. The molecule has 0 amide bonds. The van der Waals surface area contributed by atoms with Gasteiger partial charge in [0.05, 0.1) is 5.60 Å². The number of rotatable bonds is 3. The first-order valence-electron chi connectivity index (χ1n) is 6.57. The highest BCUT2D eigenvalue weighted by molar-refractivity contribution is 6.31. The maximum absolute atomic E-state index is 10.7. The van der Waals surface area contributed by atoms with Crippen molar-refractivity contribution >= 4 is 11.6 Å². The first-order valence-corrected chi connectivity index (χ1v) is 6.94. The van der Waals surface area contributed by atoms with Gasteiger partial charge in [-0.25, -0.2) is 0 Å². The molecular weight excluding hydrogens is 248 g/mol. The Balaban J connectivity index is 2.25. The van der Waals surface area contributed by atoms with Crippen molar-refractivity contribution in [3.8, 4) is 0 Å². The van der Waals surface area contributed by atoms with Gasteiger partial charge in [-0.15, -0.1) is 0 Å². The molecule has 1 aromatic carbocycles. The molecule has 0 saturated heterocycles. The molecule has 0 heterocycles. The Kier molecular flexibility index (Phi) is 4.31. The van der Waals surface area contributed by atoms with Crippen molar-refractivity contribution in [2.24, 2.45) is 5.92 Å². The molecule has 0 aromatic heterocycles. The summed E-state index contributed by atoms with van der Waals surface area (Å²) in [6.07, 6.45) is 3.31. The lowest BCUT2D eigenvalue weighted by Crippen LogP contribution is -2.42. The fourth-order valence-corrected chi connectivity index (χ4v) is 3.06. The van der Waals surface area contributed by atoms with Crippen molar-refractivity contribution in [1.82, 2.24) is 0 Å². The van der Waals surface area contributed by atoms with Gasteiger partial charge < -0.3 is 9.84 Å². The zero-order chi connectivity index (χ0) is 13.2.